The van der Waals surface area contributed by atoms with Crippen LogP contribution in [-0.4, -0.2) is 45.0 Å². The summed E-state index contributed by atoms with van der Waals surface area (Å²) in [4.78, 5) is 0.307. The molecule has 0 saturated carbocycles. The fraction of sp³-hybridized carbons (Fsp3) is 0.571. The second-order valence-corrected chi connectivity index (χ2v) is 8.35. The number of fused-ring (bicyclic) bond motifs is 2. The van der Waals surface area contributed by atoms with E-state index in [9.17, 15) is 8.42 Å². The van der Waals surface area contributed by atoms with Crippen LogP contribution in [0.5, 0.6) is 5.75 Å². The third-order valence-corrected chi connectivity index (χ3v) is 7.08. The third kappa shape index (κ3) is 3.43. The Bertz CT molecular complexity index is 641. The van der Waals surface area contributed by atoms with E-state index in [-0.39, 0.29) is 18.4 Å². The topological polar surface area (TPSA) is 58.6 Å². The zero-order valence-electron chi connectivity index (χ0n) is 12.3. The molecule has 1 N–H and O–H groups in total. The molecule has 0 radical (unpaired) electrons. The molecule has 0 aliphatic carbocycles. The summed E-state index contributed by atoms with van der Waals surface area (Å²) in [7, 11) is -1.91. The van der Waals surface area contributed by atoms with Crippen LogP contribution in [0.25, 0.3) is 0 Å². The minimum atomic E-state index is -3.47. The van der Waals surface area contributed by atoms with Crippen LogP contribution in [0.1, 0.15) is 19.3 Å². The highest BCUT2D eigenvalue weighted by Crippen LogP contribution is 2.31. The van der Waals surface area contributed by atoms with Crippen LogP contribution in [0, 0.1) is 0 Å². The van der Waals surface area contributed by atoms with Gasteiger partial charge in [-0.2, -0.15) is 4.31 Å². The highest BCUT2D eigenvalue weighted by atomic mass is 79.9. The molecule has 1 aromatic carbocycles. The van der Waals surface area contributed by atoms with Gasteiger partial charge in [-0.25, -0.2) is 8.42 Å². The number of hydrogen-bond donors (Lipinski definition) is 1. The fourth-order valence-electron chi connectivity index (χ4n) is 3.09. The molecule has 3 rings (SSSR count). The Morgan fingerprint density at radius 3 is 2.68 bits per heavy atom. The van der Waals surface area contributed by atoms with Gasteiger partial charge in [0.05, 0.1) is 12.0 Å². The molecule has 0 aromatic heterocycles. The summed E-state index contributed by atoms with van der Waals surface area (Å²) in [6.45, 7) is 1.13. The van der Waals surface area contributed by atoms with Gasteiger partial charge in [0.2, 0.25) is 10.0 Å². The zero-order chi connectivity index (χ0) is 15.0. The summed E-state index contributed by atoms with van der Waals surface area (Å²) in [6.07, 6.45) is 3.09. The van der Waals surface area contributed by atoms with Crippen LogP contribution in [0.4, 0.5) is 0 Å². The van der Waals surface area contributed by atoms with E-state index in [1.54, 1.807) is 29.6 Å². The number of methoxy groups -OCH3 is 1. The average Bonchev–Trinajstić information content (AvgIpc) is 2.77. The van der Waals surface area contributed by atoms with E-state index in [4.69, 9.17) is 4.74 Å². The molecule has 0 spiro atoms. The molecule has 2 aliphatic heterocycles. The van der Waals surface area contributed by atoms with E-state index >= 15 is 0 Å². The minimum absolute atomic E-state index is 0. The second-order valence-electron chi connectivity index (χ2n) is 5.59. The lowest BCUT2D eigenvalue weighted by Crippen LogP contribution is -2.39. The van der Waals surface area contributed by atoms with Gasteiger partial charge in [-0.3, -0.25) is 0 Å². The SMILES string of the molecule is COc1ccc(S(=O)(=O)N2CCC3CCC(C2)N3)c(Br)c1.Cl. The fourth-order valence-corrected chi connectivity index (χ4v) is 5.60. The van der Waals surface area contributed by atoms with Crippen LogP contribution in [0.15, 0.2) is 27.6 Å². The molecule has 2 unspecified atom stereocenters. The van der Waals surface area contributed by atoms with Crippen LogP contribution in [0.2, 0.25) is 0 Å². The number of nitrogens with one attached hydrogen (secondary N) is 1. The maximum atomic E-state index is 12.9. The van der Waals surface area contributed by atoms with E-state index < -0.39 is 10.0 Å². The molecule has 2 atom stereocenters. The minimum Gasteiger partial charge on any atom is -0.497 e. The van der Waals surface area contributed by atoms with Crippen molar-refractivity contribution in [3.63, 3.8) is 0 Å². The van der Waals surface area contributed by atoms with Crippen molar-refractivity contribution in [1.29, 1.82) is 0 Å². The van der Waals surface area contributed by atoms with Crippen molar-refractivity contribution < 1.29 is 13.2 Å². The monoisotopic (exact) mass is 410 g/mol. The van der Waals surface area contributed by atoms with Gasteiger partial charge in [-0.15, -0.1) is 12.4 Å². The lowest BCUT2D eigenvalue weighted by Gasteiger charge is -2.24. The van der Waals surface area contributed by atoms with Crippen molar-refractivity contribution in [2.75, 3.05) is 20.2 Å². The molecule has 2 heterocycles. The molecule has 0 amide bonds. The van der Waals surface area contributed by atoms with Crippen LogP contribution in [0.3, 0.4) is 0 Å². The quantitative estimate of drug-likeness (QED) is 0.830. The van der Waals surface area contributed by atoms with Crippen molar-refractivity contribution in [3.8, 4) is 5.75 Å². The van der Waals surface area contributed by atoms with Crippen molar-refractivity contribution in [2.45, 2.75) is 36.2 Å². The number of sulfonamides is 1. The van der Waals surface area contributed by atoms with E-state index in [0.29, 0.717) is 34.2 Å². The number of benzene rings is 1. The number of rotatable bonds is 3. The lowest BCUT2D eigenvalue weighted by molar-refractivity contribution is 0.383. The van der Waals surface area contributed by atoms with Gasteiger partial charge >= 0.3 is 0 Å². The van der Waals surface area contributed by atoms with Crippen molar-refractivity contribution in [2.24, 2.45) is 0 Å². The highest BCUT2D eigenvalue weighted by molar-refractivity contribution is 9.10. The molecule has 124 valence electrons. The Balaban J connectivity index is 0.00000176. The molecular formula is C14H20BrClN2O3S. The standard InChI is InChI=1S/C14H19BrN2O3S.ClH/c1-20-12-4-5-14(13(15)8-12)21(18,19)17-7-6-10-2-3-11(9-17)16-10;/h4-5,8,10-11,16H,2-3,6-7,9H2,1H3;1H. The third-order valence-electron chi connectivity index (χ3n) is 4.24. The number of nitrogens with zero attached hydrogens (tertiary/aromatic N) is 1. The van der Waals surface area contributed by atoms with Gasteiger partial charge in [-0.1, -0.05) is 0 Å². The summed E-state index contributed by atoms with van der Waals surface area (Å²) in [5, 5.41) is 3.50. The van der Waals surface area contributed by atoms with Gasteiger partial charge < -0.3 is 10.1 Å². The largest absolute Gasteiger partial charge is 0.497 e. The Morgan fingerprint density at radius 1 is 1.27 bits per heavy atom. The van der Waals surface area contributed by atoms with Crippen LogP contribution in [-0.2, 0) is 10.0 Å². The highest BCUT2D eigenvalue weighted by Gasteiger charge is 2.35. The zero-order valence-corrected chi connectivity index (χ0v) is 15.5. The first-order chi connectivity index (χ1) is 10.0. The predicted octanol–water partition coefficient (Wildman–Crippen LogP) is 2.39. The molecule has 1 aromatic rings. The summed E-state index contributed by atoms with van der Waals surface area (Å²) in [5.41, 5.74) is 0. The first-order valence-electron chi connectivity index (χ1n) is 7.10. The Labute approximate surface area is 146 Å². The number of ether oxygens (including phenoxy) is 1. The van der Waals surface area contributed by atoms with Crippen LogP contribution >= 0.6 is 28.3 Å². The normalized spacial score (nSPS) is 25.4. The van der Waals surface area contributed by atoms with Gasteiger partial charge in [-0.05, 0) is 53.4 Å². The lowest BCUT2D eigenvalue weighted by atomic mass is 10.1. The Kier molecular flexibility index (Phi) is 5.77. The Hall–Kier alpha value is -0.340. The van der Waals surface area contributed by atoms with Gasteiger partial charge in [0, 0.05) is 29.6 Å². The first-order valence-corrected chi connectivity index (χ1v) is 9.34. The summed E-state index contributed by atoms with van der Waals surface area (Å²) < 4.78 is 33.0. The van der Waals surface area contributed by atoms with Gasteiger partial charge in [0.25, 0.3) is 0 Å². The van der Waals surface area contributed by atoms with E-state index in [1.807, 2.05) is 0 Å². The van der Waals surface area contributed by atoms with Gasteiger partial charge in [0.1, 0.15) is 5.75 Å². The predicted molar refractivity (Wildman–Crippen MR) is 91.3 cm³/mol. The summed E-state index contributed by atoms with van der Waals surface area (Å²) in [5.74, 6) is 0.636. The maximum Gasteiger partial charge on any atom is 0.244 e. The number of hydrogen-bond acceptors (Lipinski definition) is 4. The molecule has 22 heavy (non-hydrogen) atoms. The van der Waals surface area contributed by atoms with Crippen LogP contribution < -0.4 is 10.1 Å². The molecule has 8 heteroatoms. The van der Waals surface area contributed by atoms with Crippen molar-refractivity contribution >= 4 is 38.4 Å². The van der Waals surface area contributed by atoms with Crippen molar-refractivity contribution in [3.05, 3.63) is 22.7 Å². The second kappa shape index (κ2) is 7.05. The first kappa shape index (κ1) is 18.0. The van der Waals surface area contributed by atoms with E-state index in [1.165, 1.54) is 0 Å². The smallest absolute Gasteiger partial charge is 0.244 e. The molecule has 5 nitrogen and oxygen atoms in total. The van der Waals surface area contributed by atoms with E-state index in [0.717, 1.165) is 19.3 Å². The molecule has 2 saturated heterocycles. The summed E-state index contributed by atoms with van der Waals surface area (Å²) in [6, 6.07) is 5.72. The number of halogens is 2. The molecule has 2 fully saturated rings. The molecule has 2 aliphatic rings. The average molecular weight is 412 g/mol. The summed E-state index contributed by atoms with van der Waals surface area (Å²) >= 11 is 3.35. The van der Waals surface area contributed by atoms with Crippen molar-refractivity contribution in [1.82, 2.24) is 9.62 Å². The Morgan fingerprint density at radius 2 is 2.00 bits per heavy atom. The molecular weight excluding hydrogens is 392 g/mol. The maximum absolute atomic E-state index is 12.9. The molecule has 2 bridgehead atoms. The van der Waals surface area contributed by atoms with E-state index in [2.05, 4.69) is 21.2 Å². The van der Waals surface area contributed by atoms with Gasteiger partial charge in [0.15, 0.2) is 0 Å².